The van der Waals surface area contributed by atoms with Gasteiger partial charge in [0.15, 0.2) is 0 Å². The molecule has 0 bridgehead atoms. The first-order chi connectivity index (χ1) is 17.8. The van der Waals surface area contributed by atoms with Gasteiger partial charge in [-0.2, -0.15) is 13.2 Å². The number of anilines is 3. The van der Waals surface area contributed by atoms with Crippen LogP contribution in [0.1, 0.15) is 43.0 Å². The van der Waals surface area contributed by atoms with Crippen LogP contribution in [0.25, 0.3) is 0 Å². The molecule has 0 amide bonds. The monoisotopic (exact) mass is 515 g/mol. The standard InChI is InChI=1S/C26H32F3N7O/c1-18-15-35(9-10-37-18)16-19-11-23(26(27,28)29)24(31-13-19)14-30-20-5-3-8-22(12-20)36(21-6-4-7-21)25-33-32-17-34(25)2/h3,5,8,11-13,17-18,21,30H,4,6-7,9-10,14-16H2,1-2H3/t18-/m1/s1. The number of pyridine rings is 1. The van der Waals surface area contributed by atoms with Crippen LogP contribution in [0.15, 0.2) is 42.9 Å². The average Bonchev–Trinajstić information content (AvgIpc) is 3.25. The molecule has 1 aromatic carbocycles. The minimum atomic E-state index is -4.49. The predicted molar refractivity (Wildman–Crippen MR) is 134 cm³/mol. The summed E-state index contributed by atoms with van der Waals surface area (Å²) in [5.74, 6) is 0.744. The Morgan fingerprint density at radius 1 is 1.22 bits per heavy atom. The van der Waals surface area contributed by atoms with Gasteiger partial charge in [-0.05, 0) is 56.0 Å². The molecule has 8 nitrogen and oxygen atoms in total. The molecule has 1 saturated carbocycles. The first-order valence-corrected chi connectivity index (χ1v) is 12.6. The number of nitrogens with zero attached hydrogens (tertiary/aromatic N) is 6. The van der Waals surface area contributed by atoms with Crippen LogP contribution in [-0.4, -0.2) is 56.5 Å². The smallest absolute Gasteiger partial charge is 0.379 e. The number of ether oxygens (including phenoxy) is 1. The van der Waals surface area contributed by atoms with Gasteiger partial charge in [0.2, 0.25) is 5.95 Å². The van der Waals surface area contributed by atoms with Crippen molar-refractivity contribution in [2.45, 2.75) is 57.6 Å². The molecule has 1 atom stereocenters. The van der Waals surface area contributed by atoms with E-state index >= 15 is 0 Å². The molecule has 0 unspecified atom stereocenters. The van der Waals surface area contributed by atoms with Crippen LogP contribution in [0.2, 0.25) is 0 Å². The lowest BCUT2D eigenvalue weighted by Crippen LogP contribution is -2.40. The average molecular weight is 516 g/mol. The highest BCUT2D eigenvalue weighted by Gasteiger charge is 2.35. The van der Waals surface area contributed by atoms with Gasteiger partial charge in [0.05, 0.1) is 30.5 Å². The third-order valence-corrected chi connectivity index (χ3v) is 6.99. The molecular weight excluding hydrogens is 483 g/mol. The van der Waals surface area contributed by atoms with Crippen molar-refractivity contribution in [3.63, 3.8) is 0 Å². The quantitative estimate of drug-likeness (QED) is 0.464. The van der Waals surface area contributed by atoms with Crippen LogP contribution in [0.4, 0.5) is 30.5 Å². The van der Waals surface area contributed by atoms with Gasteiger partial charge < -0.3 is 19.5 Å². The molecule has 3 aromatic rings. The molecular formula is C26H32F3N7O. The van der Waals surface area contributed by atoms with Gasteiger partial charge in [0.25, 0.3) is 0 Å². The highest BCUT2D eigenvalue weighted by Crippen LogP contribution is 2.36. The highest BCUT2D eigenvalue weighted by molar-refractivity contribution is 5.65. The second kappa shape index (κ2) is 10.7. The van der Waals surface area contributed by atoms with Gasteiger partial charge in [-0.15, -0.1) is 10.2 Å². The number of rotatable bonds is 8. The third kappa shape index (κ3) is 5.88. The molecule has 198 valence electrons. The van der Waals surface area contributed by atoms with Crippen molar-refractivity contribution in [2.75, 3.05) is 29.9 Å². The second-order valence-electron chi connectivity index (χ2n) is 9.85. The van der Waals surface area contributed by atoms with Crippen LogP contribution in [0, 0.1) is 0 Å². The van der Waals surface area contributed by atoms with Gasteiger partial charge in [-0.1, -0.05) is 6.07 Å². The van der Waals surface area contributed by atoms with Crippen molar-refractivity contribution in [3.05, 3.63) is 59.7 Å². The van der Waals surface area contributed by atoms with E-state index in [1.165, 1.54) is 6.07 Å². The Labute approximate surface area is 214 Å². The molecule has 3 heterocycles. The summed E-state index contributed by atoms with van der Waals surface area (Å²) >= 11 is 0. The number of halogens is 3. The molecule has 2 aromatic heterocycles. The minimum Gasteiger partial charge on any atom is -0.379 e. The summed E-state index contributed by atoms with van der Waals surface area (Å²) in [7, 11) is 1.90. The van der Waals surface area contributed by atoms with Gasteiger partial charge in [0.1, 0.15) is 6.33 Å². The van der Waals surface area contributed by atoms with Gasteiger partial charge >= 0.3 is 6.18 Å². The van der Waals surface area contributed by atoms with Crippen molar-refractivity contribution in [3.8, 4) is 0 Å². The maximum absolute atomic E-state index is 14.0. The Kier molecular flexibility index (Phi) is 7.34. The molecule has 1 aliphatic carbocycles. The number of hydrogen-bond donors (Lipinski definition) is 1. The Morgan fingerprint density at radius 2 is 2.05 bits per heavy atom. The summed E-state index contributed by atoms with van der Waals surface area (Å²) in [5, 5.41) is 11.5. The summed E-state index contributed by atoms with van der Waals surface area (Å²) < 4.78 is 49.3. The normalized spacial score (nSPS) is 19.0. The van der Waals surface area contributed by atoms with Crippen LogP contribution >= 0.6 is 0 Å². The first-order valence-electron chi connectivity index (χ1n) is 12.6. The van der Waals surface area contributed by atoms with E-state index in [4.69, 9.17) is 4.74 Å². The fraction of sp³-hybridized carbons (Fsp3) is 0.500. The summed E-state index contributed by atoms with van der Waals surface area (Å²) in [4.78, 5) is 8.48. The molecule has 0 spiro atoms. The van der Waals surface area contributed by atoms with E-state index in [0.29, 0.717) is 43.5 Å². The Morgan fingerprint density at radius 3 is 2.73 bits per heavy atom. The molecule has 0 radical (unpaired) electrons. The molecule has 5 rings (SSSR count). The van der Waals surface area contributed by atoms with Crippen LogP contribution in [-0.2, 0) is 31.1 Å². The molecule has 1 saturated heterocycles. The summed E-state index contributed by atoms with van der Waals surface area (Å²) in [6.45, 7) is 4.30. The maximum atomic E-state index is 14.0. The fourth-order valence-electron chi connectivity index (χ4n) is 4.88. The maximum Gasteiger partial charge on any atom is 0.418 e. The minimum absolute atomic E-state index is 0.0267. The summed E-state index contributed by atoms with van der Waals surface area (Å²) in [5.41, 5.74) is 1.45. The van der Waals surface area contributed by atoms with E-state index in [2.05, 4.69) is 30.3 Å². The van der Waals surface area contributed by atoms with Crippen LogP contribution in [0.3, 0.4) is 0 Å². The Hall–Kier alpha value is -3.18. The molecule has 1 aliphatic heterocycles. The van der Waals surface area contributed by atoms with Gasteiger partial charge in [-0.3, -0.25) is 9.88 Å². The molecule has 2 aliphatic rings. The van der Waals surface area contributed by atoms with Crippen LogP contribution in [0.5, 0.6) is 0 Å². The SMILES string of the molecule is C[C@@H]1CN(Cc2cnc(CNc3cccc(N(c4nncn4C)C4CCC4)c3)c(C(F)(F)F)c2)CCO1. The topological polar surface area (TPSA) is 71.3 Å². The highest BCUT2D eigenvalue weighted by atomic mass is 19.4. The van der Waals surface area contributed by atoms with E-state index in [1.807, 2.05) is 42.8 Å². The van der Waals surface area contributed by atoms with Gasteiger partial charge in [0, 0.05) is 50.3 Å². The van der Waals surface area contributed by atoms with E-state index in [-0.39, 0.29) is 18.3 Å². The third-order valence-electron chi connectivity index (χ3n) is 6.99. The Balaban J connectivity index is 1.33. The largest absolute Gasteiger partial charge is 0.418 e. The van der Waals surface area contributed by atoms with E-state index in [9.17, 15) is 13.2 Å². The van der Waals surface area contributed by atoms with Crippen molar-refractivity contribution in [1.82, 2.24) is 24.6 Å². The second-order valence-corrected chi connectivity index (χ2v) is 9.85. The Bertz CT molecular complexity index is 1210. The van der Waals surface area contributed by atoms with Crippen LogP contribution < -0.4 is 10.2 Å². The lowest BCUT2D eigenvalue weighted by Gasteiger charge is -2.38. The van der Waals surface area contributed by atoms with Crippen molar-refractivity contribution in [1.29, 1.82) is 0 Å². The van der Waals surface area contributed by atoms with Crippen molar-refractivity contribution >= 4 is 17.3 Å². The number of nitrogens with one attached hydrogen (secondary N) is 1. The zero-order valence-corrected chi connectivity index (χ0v) is 21.1. The molecule has 2 fully saturated rings. The number of morpholine rings is 1. The van der Waals surface area contributed by atoms with E-state index < -0.39 is 11.7 Å². The number of aromatic nitrogens is 4. The lowest BCUT2D eigenvalue weighted by atomic mass is 9.91. The van der Waals surface area contributed by atoms with Crippen molar-refractivity contribution < 1.29 is 17.9 Å². The predicted octanol–water partition coefficient (Wildman–Crippen LogP) is 4.75. The summed E-state index contributed by atoms with van der Waals surface area (Å²) in [6.07, 6.45) is 2.05. The summed E-state index contributed by atoms with van der Waals surface area (Å²) in [6, 6.07) is 9.21. The fourth-order valence-corrected chi connectivity index (χ4v) is 4.88. The van der Waals surface area contributed by atoms with Gasteiger partial charge in [-0.25, -0.2) is 0 Å². The molecule has 37 heavy (non-hydrogen) atoms. The van der Waals surface area contributed by atoms with E-state index in [1.54, 1.807) is 12.5 Å². The number of hydrogen-bond acceptors (Lipinski definition) is 7. The number of benzene rings is 1. The molecule has 11 heteroatoms. The van der Waals surface area contributed by atoms with E-state index in [0.717, 1.165) is 30.9 Å². The molecule has 1 N–H and O–H groups in total. The number of alkyl halides is 3. The first kappa shape index (κ1) is 25.5. The zero-order valence-electron chi connectivity index (χ0n) is 21.1. The lowest BCUT2D eigenvalue weighted by molar-refractivity contribution is -0.138. The number of aryl methyl sites for hydroxylation is 1. The van der Waals surface area contributed by atoms with Crippen molar-refractivity contribution in [2.24, 2.45) is 7.05 Å². The zero-order chi connectivity index (χ0) is 26.0.